The number of ether oxygens (including phenoxy) is 3. The van der Waals surface area contributed by atoms with Crippen LogP contribution in [0.4, 0.5) is 13.2 Å². The van der Waals surface area contributed by atoms with E-state index >= 15 is 0 Å². The molecule has 2 aliphatic rings. The van der Waals surface area contributed by atoms with Gasteiger partial charge in [0, 0.05) is 6.54 Å². The summed E-state index contributed by atoms with van der Waals surface area (Å²) < 4.78 is 54.0. The molecule has 1 heterocycles. The van der Waals surface area contributed by atoms with Crippen LogP contribution in [0, 0.1) is 0 Å². The smallest absolute Gasteiger partial charge is 0.416 e. The SMILES string of the molecule is COc1cccc(C[N-]C2CC2)c1.O=C(O)C1=C(c2ccc(OCCOc3ccc(C(F)(F)F)cc3Cl)cc2)CCNC1. The van der Waals surface area contributed by atoms with Gasteiger partial charge in [-0.15, -0.1) is 12.6 Å². The molecule has 7 nitrogen and oxygen atoms in total. The number of halogens is 4. The molecule has 2 N–H and O–H groups in total. The van der Waals surface area contributed by atoms with Crippen LogP contribution in [-0.2, 0) is 17.5 Å². The zero-order valence-electron chi connectivity index (χ0n) is 23.6. The average Bonchev–Trinajstić information content (AvgIpc) is 3.84. The van der Waals surface area contributed by atoms with Crippen molar-refractivity contribution in [2.75, 3.05) is 33.4 Å². The van der Waals surface area contributed by atoms with Gasteiger partial charge in [-0.05, 0) is 66.6 Å². The third-order valence-electron chi connectivity index (χ3n) is 6.76. The summed E-state index contributed by atoms with van der Waals surface area (Å²) in [5, 5.41) is 16.8. The third kappa shape index (κ3) is 9.91. The van der Waals surface area contributed by atoms with Crippen LogP contribution in [0.5, 0.6) is 17.2 Å². The molecular weight excluding hydrogens is 585 g/mol. The number of carboxylic acid groups (broad SMARTS) is 1. The fraction of sp³-hybridized carbons (Fsp3) is 0.344. The summed E-state index contributed by atoms with van der Waals surface area (Å²) in [5.41, 5.74) is 2.39. The number of nitrogens with zero attached hydrogens (tertiary/aromatic N) is 1. The van der Waals surface area contributed by atoms with E-state index in [2.05, 4.69) is 16.7 Å². The van der Waals surface area contributed by atoms with E-state index in [9.17, 15) is 23.1 Å². The van der Waals surface area contributed by atoms with E-state index in [1.54, 1.807) is 31.4 Å². The van der Waals surface area contributed by atoms with Gasteiger partial charge in [0.1, 0.15) is 30.5 Å². The standard InChI is InChI=1S/C21H19ClF3NO4.C11H14NO/c22-18-11-14(21(23,24)25)3-6-19(18)30-10-9-29-15-4-1-13(2-5-15)16-7-8-26-12-17(16)20(27)28;1-13-11-4-2-3-9(7-11)8-12-10-5-6-10/h1-6,11,26H,7-10,12H2,(H,27,28);2-4,7,10H,5-6,8H2,1H3/q;-1. The molecule has 0 atom stereocenters. The minimum atomic E-state index is -4.47. The number of carboxylic acids is 1. The first kappa shape index (κ1) is 32.2. The molecule has 0 spiro atoms. The molecule has 5 rings (SSSR count). The van der Waals surface area contributed by atoms with Crippen molar-refractivity contribution in [3.8, 4) is 17.2 Å². The first-order valence-corrected chi connectivity index (χ1v) is 14.2. The van der Waals surface area contributed by atoms with Crippen molar-refractivity contribution in [3.63, 3.8) is 0 Å². The summed E-state index contributed by atoms with van der Waals surface area (Å²) in [5.74, 6) is 0.690. The summed E-state index contributed by atoms with van der Waals surface area (Å²) in [6.45, 7) is 2.12. The predicted octanol–water partition coefficient (Wildman–Crippen LogP) is 7.38. The van der Waals surface area contributed by atoms with Crippen LogP contribution >= 0.6 is 11.6 Å². The van der Waals surface area contributed by atoms with Gasteiger partial charge in [0.25, 0.3) is 0 Å². The van der Waals surface area contributed by atoms with Gasteiger partial charge in [-0.2, -0.15) is 13.2 Å². The second-order valence-electron chi connectivity index (χ2n) is 9.98. The molecule has 1 aliphatic heterocycles. The minimum Gasteiger partial charge on any atom is -0.656 e. The Hall–Kier alpha value is -3.73. The molecule has 0 radical (unpaired) electrons. The average molecular weight is 618 g/mol. The van der Waals surface area contributed by atoms with Crippen molar-refractivity contribution in [3.05, 3.63) is 99.3 Å². The second kappa shape index (κ2) is 15.1. The number of hydrogen-bond donors (Lipinski definition) is 2. The first-order valence-electron chi connectivity index (χ1n) is 13.8. The second-order valence-corrected chi connectivity index (χ2v) is 10.4. The Bertz CT molecular complexity index is 1410. The Morgan fingerprint density at radius 3 is 2.42 bits per heavy atom. The molecule has 1 fully saturated rings. The van der Waals surface area contributed by atoms with Gasteiger partial charge in [-0.1, -0.05) is 54.3 Å². The molecule has 0 aromatic heterocycles. The van der Waals surface area contributed by atoms with E-state index < -0.39 is 17.7 Å². The van der Waals surface area contributed by atoms with E-state index in [4.69, 9.17) is 25.8 Å². The number of methoxy groups -OCH3 is 1. The highest BCUT2D eigenvalue weighted by atomic mass is 35.5. The highest BCUT2D eigenvalue weighted by molar-refractivity contribution is 6.32. The lowest BCUT2D eigenvalue weighted by Crippen LogP contribution is -2.28. The Labute approximate surface area is 253 Å². The van der Waals surface area contributed by atoms with E-state index in [-0.39, 0.29) is 24.0 Å². The van der Waals surface area contributed by atoms with Crippen LogP contribution in [0.2, 0.25) is 5.02 Å². The number of benzene rings is 3. The van der Waals surface area contributed by atoms with Crippen LogP contribution in [-0.4, -0.2) is 50.5 Å². The Kier molecular flexibility index (Phi) is 11.3. The number of aliphatic carboxylic acids is 1. The summed E-state index contributed by atoms with van der Waals surface area (Å²) in [6, 6.07) is 18.7. The van der Waals surface area contributed by atoms with Gasteiger partial charge in [-0.25, -0.2) is 4.79 Å². The molecule has 0 saturated heterocycles. The van der Waals surface area contributed by atoms with Crippen molar-refractivity contribution in [1.82, 2.24) is 5.32 Å². The monoisotopic (exact) mass is 617 g/mol. The van der Waals surface area contributed by atoms with Crippen LogP contribution in [0.3, 0.4) is 0 Å². The molecular formula is C32H33ClF3N2O5-. The lowest BCUT2D eigenvalue weighted by atomic mass is 9.94. The number of nitrogens with one attached hydrogen (secondary N) is 1. The van der Waals surface area contributed by atoms with E-state index in [0.717, 1.165) is 35.6 Å². The molecule has 0 unspecified atom stereocenters. The van der Waals surface area contributed by atoms with Crippen molar-refractivity contribution in [1.29, 1.82) is 0 Å². The van der Waals surface area contributed by atoms with Gasteiger partial charge in [0.05, 0.1) is 23.3 Å². The fourth-order valence-corrected chi connectivity index (χ4v) is 4.56. The Morgan fingerprint density at radius 2 is 1.77 bits per heavy atom. The van der Waals surface area contributed by atoms with Gasteiger partial charge < -0.3 is 30.0 Å². The molecule has 0 amide bonds. The molecule has 0 bridgehead atoms. The highest BCUT2D eigenvalue weighted by Crippen LogP contribution is 2.35. The summed E-state index contributed by atoms with van der Waals surface area (Å²) in [7, 11) is 1.69. The number of alkyl halides is 3. The van der Waals surface area contributed by atoms with E-state index in [0.29, 0.717) is 36.9 Å². The van der Waals surface area contributed by atoms with Gasteiger partial charge in [0.15, 0.2) is 0 Å². The molecule has 3 aromatic carbocycles. The third-order valence-corrected chi connectivity index (χ3v) is 7.06. The Balaban J connectivity index is 0.000000269. The fourth-order valence-electron chi connectivity index (χ4n) is 4.33. The number of hydrogen-bond acceptors (Lipinski definition) is 5. The van der Waals surface area contributed by atoms with Crippen molar-refractivity contribution >= 4 is 23.1 Å². The van der Waals surface area contributed by atoms with Gasteiger partial charge in [0.2, 0.25) is 0 Å². The lowest BCUT2D eigenvalue weighted by Gasteiger charge is -2.19. The maximum Gasteiger partial charge on any atom is 0.416 e. The van der Waals surface area contributed by atoms with E-state index in [1.165, 1.54) is 24.5 Å². The molecule has 43 heavy (non-hydrogen) atoms. The summed E-state index contributed by atoms with van der Waals surface area (Å²) >= 11 is 5.84. The zero-order valence-corrected chi connectivity index (χ0v) is 24.4. The number of carbonyl (C=O) groups is 1. The van der Waals surface area contributed by atoms with Gasteiger partial charge >= 0.3 is 12.1 Å². The lowest BCUT2D eigenvalue weighted by molar-refractivity contribution is -0.137. The maximum absolute atomic E-state index is 12.6. The molecule has 3 aromatic rings. The quantitative estimate of drug-likeness (QED) is 0.218. The first-order chi connectivity index (χ1) is 20.6. The van der Waals surface area contributed by atoms with Crippen LogP contribution in [0.15, 0.2) is 72.3 Å². The normalized spacial score (nSPS) is 14.9. The topological polar surface area (TPSA) is 91.1 Å². The summed E-state index contributed by atoms with van der Waals surface area (Å²) in [6.07, 6.45) is -1.27. The molecule has 230 valence electrons. The minimum absolute atomic E-state index is 0.0901. The number of rotatable bonds is 11. The zero-order chi connectivity index (χ0) is 30.8. The summed E-state index contributed by atoms with van der Waals surface area (Å²) in [4.78, 5) is 11.4. The van der Waals surface area contributed by atoms with E-state index in [1.807, 2.05) is 18.2 Å². The van der Waals surface area contributed by atoms with Crippen molar-refractivity contribution in [2.45, 2.75) is 38.0 Å². The largest absolute Gasteiger partial charge is 0.656 e. The molecule has 1 aliphatic carbocycles. The maximum atomic E-state index is 12.6. The van der Waals surface area contributed by atoms with Crippen LogP contribution < -0.4 is 19.5 Å². The van der Waals surface area contributed by atoms with Gasteiger partial charge in [-0.3, -0.25) is 0 Å². The van der Waals surface area contributed by atoms with Crippen molar-refractivity contribution in [2.24, 2.45) is 0 Å². The predicted molar refractivity (Wildman–Crippen MR) is 159 cm³/mol. The van der Waals surface area contributed by atoms with Crippen LogP contribution in [0.25, 0.3) is 10.9 Å². The van der Waals surface area contributed by atoms with Crippen molar-refractivity contribution < 1.29 is 37.3 Å². The van der Waals surface area contributed by atoms with Crippen LogP contribution in [0.1, 0.15) is 36.0 Å². The highest BCUT2D eigenvalue weighted by Gasteiger charge is 2.31. The molecule has 11 heteroatoms. The Morgan fingerprint density at radius 1 is 1.02 bits per heavy atom. The molecule has 1 saturated carbocycles.